The molecule has 0 spiro atoms. The van der Waals surface area contributed by atoms with Crippen LogP contribution >= 0.6 is 79.6 Å². The van der Waals surface area contributed by atoms with Crippen molar-refractivity contribution in [1.82, 2.24) is 0 Å². The number of hydrogen-bond acceptors (Lipinski definition) is 35. The molecule has 0 saturated heterocycles. The molecule has 60 heteroatoms. The van der Waals surface area contributed by atoms with E-state index in [-0.39, 0.29) is 40.4 Å². The van der Waals surface area contributed by atoms with Gasteiger partial charge in [0.2, 0.25) is 30.5 Å². The van der Waals surface area contributed by atoms with E-state index in [1.54, 1.807) is 18.2 Å². The van der Waals surface area contributed by atoms with Crippen LogP contribution < -0.4 is 23.7 Å². The van der Waals surface area contributed by atoms with Crippen LogP contribution in [0.15, 0.2) is 144 Å². The van der Waals surface area contributed by atoms with Gasteiger partial charge in [0.1, 0.15) is 56.6 Å². The maximum atomic E-state index is 13.2. The molecule has 5 unspecified atom stereocenters. The second-order valence-corrected chi connectivity index (χ2v) is 44.9. The van der Waals surface area contributed by atoms with Crippen LogP contribution in [-0.2, 0) is 93.5 Å². The Bertz CT molecular complexity index is 6290. The summed E-state index contributed by atoms with van der Waals surface area (Å²) in [6, 6.07) is 25.3. The Hall–Kier alpha value is -9.08. The summed E-state index contributed by atoms with van der Waals surface area (Å²) in [5.74, 6) is -23.0. The van der Waals surface area contributed by atoms with Crippen molar-refractivity contribution in [3.8, 4) is 28.7 Å². The Morgan fingerprint density at radius 2 is 0.552 bits per heavy atom. The number of benzene rings is 6. The van der Waals surface area contributed by atoms with E-state index in [4.69, 9.17) is 23.7 Å². The SMILES string of the molecule is CC(C)C(=O)Oc1cc(Br)ccc1C(=O)OC(CS(=O)(=O)[O-])C(F)(F)F.O=C(OC(CS(=O)(=O)[O-])C(F)(F)F)c1ccc(Br)cc1OC(=O)C12CC3CC(CC(C3)C1)C2.O=C(OC(CS(=O)(=O)[O-])C(F)(F)F)c1ccc(Br)cc1OC(=O)C1CCCC1.O=C(OC(CS(=O)(=O)[O-])C(F)(F)F)c1ccc(Br)cc1OC(=O)C1CCCCC1.O=C(Oc1cc(Br)ccc1C(=O)OC(CS(=O)(=O)[O-])C(F)(F)F)c1ccccc1. The van der Waals surface area contributed by atoms with Gasteiger partial charge in [-0.25, -0.2) is 70.9 Å². The Labute approximate surface area is 856 Å². The molecule has 6 aliphatic rings. The Morgan fingerprint density at radius 1 is 0.324 bits per heavy atom. The Morgan fingerprint density at radius 3 is 0.786 bits per heavy atom. The third kappa shape index (κ3) is 40.4. The first kappa shape index (κ1) is 123. The van der Waals surface area contributed by atoms with Crippen molar-refractivity contribution in [2.45, 2.75) is 172 Å². The molecule has 0 N–H and O–H groups in total. The second-order valence-electron chi connectivity index (χ2n) is 33.1. The van der Waals surface area contributed by atoms with Crippen molar-refractivity contribution in [3.63, 3.8) is 0 Å². The lowest BCUT2D eigenvalue weighted by Gasteiger charge is -2.55. The predicted molar refractivity (Wildman–Crippen MR) is 478 cm³/mol. The fraction of sp³-hybridized carbons (Fsp3) is 0.459. The van der Waals surface area contributed by atoms with Crippen LogP contribution in [0.1, 0.15) is 172 Å². The van der Waals surface area contributed by atoms with Crippen LogP contribution in [-0.4, -0.2) is 215 Å². The highest BCUT2D eigenvalue weighted by atomic mass is 79.9. The number of rotatable bonds is 30. The molecule has 145 heavy (non-hydrogen) atoms. The van der Waals surface area contributed by atoms with Crippen LogP contribution in [0.4, 0.5) is 65.9 Å². The number of carbonyl (C=O) groups is 10. The first-order valence-corrected chi connectivity index (χ1v) is 53.6. The van der Waals surface area contributed by atoms with Gasteiger partial charge >= 0.3 is 90.6 Å². The van der Waals surface area contributed by atoms with Crippen LogP contribution in [0.5, 0.6) is 28.7 Å². The first-order chi connectivity index (χ1) is 66.5. The average Bonchev–Trinajstić information content (AvgIpc) is 0.835. The van der Waals surface area contributed by atoms with E-state index in [1.807, 2.05) is 0 Å². The highest BCUT2D eigenvalue weighted by Gasteiger charge is 2.57. The van der Waals surface area contributed by atoms with Gasteiger partial charge in [0.25, 0.3) is 0 Å². The molecule has 6 aromatic carbocycles. The number of hydrogen-bond donors (Lipinski definition) is 0. The molecule has 0 radical (unpaired) electrons. The number of alkyl halides is 15. The topological polar surface area (TPSA) is 549 Å². The average molecular weight is 2500 g/mol. The summed E-state index contributed by atoms with van der Waals surface area (Å²) < 4.78 is 404. The fourth-order valence-corrected chi connectivity index (χ4v) is 19.9. The quantitative estimate of drug-likeness (QED) is 0.0133. The van der Waals surface area contributed by atoms with Crippen molar-refractivity contribution in [2.24, 2.45) is 40.9 Å². The van der Waals surface area contributed by atoms with E-state index in [9.17, 15) is 179 Å². The van der Waals surface area contributed by atoms with Gasteiger partial charge in [-0.3, -0.25) is 19.2 Å². The van der Waals surface area contributed by atoms with E-state index in [0.29, 0.717) is 85.1 Å². The van der Waals surface area contributed by atoms with E-state index in [0.717, 1.165) is 93.8 Å². The lowest BCUT2D eigenvalue weighted by atomic mass is 9.49. The highest BCUT2D eigenvalue weighted by Crippen LogP contribution is 2.61. The molecule has 4 bridgehead atoms. The minimum absolute atomic E-state index is 0.109. The Balaban J connectivity index is 0.000000246. The zero-order valence-electron chi connectivity index (χ0n) is 73.9. The monoisotopic (exact) mass is 2500 g/mol. The Kier molecular flexibility index (Phi) is 43.2. The van der Waals surface area contributed by atoms with E-state index in [1.165, 1.54) is 74.5 Å². The normalized spacial score (nSPS) is 18.3. The highest BCUT2D eigenvalue weighted by molar-refractivity contribution is 9.11. The van der Waals surface area contributed by atoms with Crippen molar-refractivity contribution < 1.29 is 226 Å². The van der Waals surface area contributed by atoms with Gasteiger partial charge in [-0.1, -0.05) is 144 Å². The van der Waals surface area contributed by atoms with Crippen LogP contribution in [0.2, 0.25) is 0 Å². The number of carbonyl (C=O) groups excluding carboxylic acids is 10. The molecule has 0 aromatic heterocycles. The molecule has 6 saturated carbocycles. The van der Waals surface area contributed by atoms with Crippen LogP contribution in [0.3, 0.4) is 0 Å². The van der Waals surface area contributed by atoms with Crippen molar-refractivity contribution >= 4 is 190 Å². The maximum Gasteiger partial charge on any atom is 0.426 e. The summed E-state index contributed by atoms with van der Waals surface area (Å²) in [6.45, 7) is 2.99. The molecule has 6 aliphatic carbocycles. The minimum Gasteiger partial charge on any atom is -0.748 e. The third-order valence-electron chi connectivity index (χ3n) is 21.3. The molecule has 12 rings (SSSR count). The summed E-state index contributed by atoms with van der Waals surface area (Å²) in [5, 5.41) is 0. The van der Waals surface area contributed by atoms with E-state index >= 15 is 0 Å². The summed E-state index contributed by atoms with van der Waals surface area (Å²) >= 11 is 15.5. The van der Waals surface area contributed by atoms with Crippen LogP contribution in [0, 0.1) is 40.9 Å². The zero-order valence-corrected chi connectivity index (χ0v) is 85.9. The number of esters is 10. The zero-order chi connectivity index (χ0) is 109. The molecule has 0 heterocycles. The largest absolute Gasteiger partial charge is 0.748 e. The summed E-state index contributed by atoms with van der Waals surface area (Å²) in [6.07, 6.45) is -30.2. The second kappa shape index (κ2) is 51.0. The molecule has 0 aliphatic heterocycles. The molecular formula is C85H77Br5F15O35S5-5. The van der Waals surface area contributed by atoms with Gasteiger partial charge in [0.15, 0.2) is 0 Å². The smallest absolute Gasteiger partial charge is 0.426 e. The van der Waals surface area contributed by atoms with E-state index in [2.05, 4.69) is 103 Å². The van der Waals surface area contributed by atoms with Gasteiger partial charge < -0.3 is 70.1 Å². The molecule has 802 valence electrons. The summed E-state index contributed by atoms with van der Waals surface area (Å²) in [4.78, 5) is 123. The van der Waals surface area contributed by atoms with Gasteiger partial charge in [-0.05, 0) is 185 Å². The molecule has 6 fully saturated rings. The van der Waals surface area contributed by atoms with Gasteiger partial charge in [0, 0.05) is 22.4 Å². The lowest BCUT2D eigenvalue weighted by molar-refractivity contribution is -0.197. The lowest BCUT2D eigenvalue weighted by Crippen LogP contribution is -2.51. The first-order valence-electron chi connectivity index (χ1n) is 41.7. The van der Waals surface area contributed by atoms with Gasteiger partial charge in [-0.15, -0.1) is 0 Å². The van der Waals surface area contributed by atoms with Gasteiger partial charge in [-0.2, -0.15) is 65.9 Å². The maximum absolute atomic E-state index is 13.2. The van der Waals surface area contributed by atoms with Gasteiger partial charge in [0.05, 0.1) is 108 Å². The molecule has 35 nitrogen and oxygen atoms in total. The van der Waals surface area contributed by atoms with Crippen LogP contribution in [0.25, 0.3) is 0 Å². The number of halogens is 20. The third-order valence-corrected chi connectivity index (χ3v) is 27.3. The van der Waals surface area contributed by atoms with Crippen molar-refractivity contribution in [2.75, 3.05) is 28.8 Å². The predicted octanol–water partition coefficient (Wildman–Crippen LogP) is 16.9. The van der Waals surface area contributed by atoms with Crippen molar-refractivity contribution in [1.29, 1.82) is 0 Å². The summed E-state index contributed by atoms with van der Waals surface area (Å²) in [7, 11) is -26.6. The molecule has 6 aromatic rings. The number of ether oxygens (including phenoxy) is 10. The molecule has 0 amide bonds. The minimum atomic E-state index is -5.35. The van der Waals surface area contributed by atoms with Crippen molar-refractivity contribution in [3.05, 3.63) is 177 Å². The standard InChI is InChI=1S/C21H22BrF3O7S.C17H18BrF3O7S.C17H12BrF3O7S.C16H16BrF3O7S.C14H14BrF3O7S/c22-14-1-2-15(18(26)32-17(21(23,24)25)10-33(28,29)30)16(6-14)31-19(27)20-7-11-3-12(8-20)5-13(4-11)9-20;2*18-11-6-7-12(13(8-11)27-15(22)10-4-2-1-3-5-10)16(23)28-14(17(19,20)21)9-29(24,25)26;17-10-5-6-11(12(7-10)26-14(21)9-3-1-2-4-9)15(22)27-13(16(18,19)20)8-28(23,24)25;1-7(2)12(19)24-10-5-8(15)3-4-9(10)13(20)25-11(14(16,17)18)6-26(21,22)23/h1-2,6,11-13,17H,3-5,7-10H2,(H,28,29,30);6-8,10,14H,1-5,9H2,(H,24,25,26);1-8,14H,9H2,(H,24,25,26);5-7,9,13H,1-4,8H2,(H,23,24,25);3-5,7,11H,6H2,1-2H3,(H,21,22,23)/p-5. The van der Waals surface area contributed by atoms with E-state index < -0.39 is 245 Å². The summed E-state index contributed by atoms with van der Waals surface area (Å²) in [5.41, 5.74) is -3.17. The molecular weight excluding hydrogens is 2430 g/mol. The molecule has 5 atom stereocenters. The fourth-order valence-electron chi connectivity index (χ4n) is 15.0.